The van der Waals surface area contributed by atoms with Gasteiger partial charge in [0.15, 0.2) is 5.82 Å². The van der Waals surface area contributed by atoms with E-state index in [1.807, 2.05) is 24.3 Å². The summed E-state index contributed by atoms with van der Waals surface area (Å²) >= 11 is 0. The number of rotatable bonds is 6. The molecule has 1 aromatic heterocycles. The summed E-state index contributed by atoms with van der Waals surface area (Å²) in [6.45, 7) is 2.38. The Hall–Kier alpha value is -2.34. The number of nitrogens with two attached hydrogens (primary N) is 1. The number of aromatic nitrogens is 2. The quantitative estimate of drug-likeness (QED) is 0.849. The molecule has 3 N–H and O–H groups in total. The second-order valence-corrected chi connectivity index (χ2v) is 4.67. The van der Waals surface area contributed by atoms with Crippen molar-refractivity contribution in [3.63, 3.8) is 0 Å². The summed E-state index contributed by atoms with van der Waals surface area (Å²) in [5.41, 5.74) is 6.90. The van der Waals surface area contributed by atoms with Crippen molar-refractivity contribution in [3.8, 4) is 5.75 Å². The molecule has 0 radical (unpaired) electrons. The lowest BCUT2D eigenvalue weighted by molar-refractivity contribution is 0.178. The smallest absolute Gasteiger partial charge is 0.158 e. The minimum Gasteiger partial charge on any atom is -0.497 e. The average Bonchev–Trinajstić information content (AvgIpc) is 2.47. The normalized spacial score (nSPS) is 12.0. The predicted octanol–water partition coefficient (Wildman–Crippen LogP) is 2.39. The highest BCUT2D eigenvalue weighted by atomic mass is 16.5. The molecule has 2 aromatic rings. The molecule has 112 valence electrons. The van der Waals surface area contributed by atoms with Gasteiger partial charge in [-0.15, -0.1) is 0 Å². The lowest BCUT2D eigenvalue weighted by atomic mass is 10.1. The van der Waals surface area contributed by atoms with Crippen LogP contribution in [0.1, 0.15) is 24.4 Å². The summed E-state index contributed by atoms with van der Waals surface area (Å²) in [5, 5.41) is 3.31. The molecular formula is C15H20N4O2. The van der Waals surface area contributed by atoms with Crippen LogP contribution in [0.15, 0.2) is 30.3 Å². The van der Waals surface area contributed by atoms with Gasteiger partial charge in [0.25, 0.3) is 0 Å². The Kier molecular flexibility index (Phi) is 4.94. The first-order valence-corrected chi connectivity index (χ1v) is 6.65. The summed E-state index contributed by atoms with van der Waals surface area (Å²) in [5.74, 6) is 2.49. The summed E-state index contributed by atoms with van der Waals surface area (Å²) in [7, 11) is 3.25. The first kappa shape index (κ1) is 15.1. The molecule has 0 bridgehead atoms. The fraction of sp³-hybridized carbons (Fsp3) is 0.333. The number of methoxy groups -OCH3 is 2. The van der Waals surface area contributed by atoms with Crippen molar-refractivity contribution in [2.24, 2.45) is 0 Å². The number of nitrogens with zero attached hydrogens (tertiary/aromatic N) is 2. The number of benzene rings is 1. The second-order valence-electron chi connectivity index (χ2n) is 4.67. The van der Waals surface area contributed by atoms with Gasteiger partial charge in [0.1, 0.15) is 24.0 Å². The number of hydrogen-bond donors (Lipinski definition) is 2. The molecule has 0 aliphatic carbocycles. The number of nitrogen functional groups attached to an aromatic ring is 1. The van der Waals surface area contributed by atoms with Gasteiger partial charge in [-0.05, 0) is 24.6 Å². The number of nitrogens with one attached hydrogen (secondary N) is 1. The van der Waals surface area contributed by atoms with E-state index in [-0.39, 0.29) is 6.04 Å². The van der Waals surface area contributed by atoms with Crippen molar-refractivity contribution >= 4 is 11.6 Å². The fourth-order valence-electron chi connectivity index (χ4n) is 1.98. The van der Waals surface area contributed by atoms with Crippen molar-refractivity contribution in [2.45, 2.75) is 19.6 Å². The Morgan fingerprint density at radius 3 is 2.52 bits per heavy atom. The van der Waals surface area contributed by atoms with Gasteiger partial charge in [-0.2, -0.15) is 0 Å². The van der Waals surface area contributed by atoms with E-state index in [2.05, 4.69) is 22.2 Å². The Bertz CT molecular complexity index is 587. The number of ether oxygens (including phenoxy) is 2. The minimum atomic E-state index is 0.0839. The SMILES string of the molecule is COCc1nc(N)cc(NC(C)c2ccc(OC)cc2)n1. The van der Waals surface area contributed by atoms with Crippen LogP contribution in [-0.4, -0.2) is 24.2 Å². The highest BCUT2D eigenvalue weighted by Crippen LogP contribution is 2.21. The van der Waals surface area contributed by atoms with Crippen LogP contribution in [0.2, 0.25) is 0 Å². The first-order chi connectivity index (χ1) is 10.1. The maximum atomic E-state index is 5.78. The van der Waals surface area contributed by atoms with Crippen LogP contribution in [0.3, 0.4) is 0 Å². The lowest BCUT2D eigenvalue weighted by Crippen LogP contribution is -2.11. The van der Waals surface area contributed by atoms with Crippen molar-refractivity contribution in [3.05, 3.63) is 41.7 Å². The topological polar surface area (TPSA) is 82.3 Å². The third kappa shape index (κ3) is 4.06. The summed E-state index contributed by atoms with van der Waals surface area (Å²) < 4.78 is 10.2. The van der Waals surface area contributed by atoms with Crippen molar-refractivity contribution in [1.82, 2.24) is 9.97 Å². The molecule has 6 heteroatoms. The molecule has 0 aliphatic heterocycles. The highest BCUT2D eigenvalue weighted by Gasteiger charge is 2.08. The minimum absolute atomic E-state index is 0.0839. The summed E-state index contributed by atoms with van der Waals surface area (Å²) in [6.07, 6.45) is 0. The summed E-state index contributed by atoms with van der Waals surface area (Å²) in [4.78, 5) is 8.48. The Morgan fingerprint density at radius 2 is 1.90 bits per heavy atom. The Labute approximate surface area is 124 Å². The van der Waals surface area contributed by atoms with Gasteiger partial charge in [0, 0.05) is 19.2 Å². The van der Waals surface area contributed by atoms with E-state index in [0.717, 1.165) is 11.3 Å². The molecule has 6 nitrogen and oxygen atoms in total. The van der Waals surface area contributed by atoms with E-state index >= 15 is 0 Å². The largest absolute Gasteiger partial charge is 0.497 e. The molecule has 0 amide bonds. The van der Waals surface area contributed by atoms with E-state index in [1.54, 1.807) is 20.3 Å². The van der Waals surface area contributed by atoms with Gasteiger partial charge in [0.05, 0.1) is 7.11 Å². The zero-order valence-corrected chi connectivity index (χ0v) is 12.5. The molecule has 0 fully saturated rings. The van der Waals surface area contributed by atoms with E-state index in [9.17, 15) is 0 Å². The van der Waals surface area contributed by atoms with Crippen LogP contribution in [-0.2, 0) is 11.3 Å². The molecule has 21 heavy (non-hydrogen) atoms. The summed E-state index contributed by atoms with van der Waals surface area (Å²) in [6, 6.07) is 9.67. The standard InChI is InChI=1S/C15H20N4O2/c1-10(11-4-6-12(21-3)7-5-11)17-14-8-13(16)18-15(19-14)9-20-2/h4-8,10H,9H2,1-3H3,(H3,16,17,18,19). The highest BCUT2D eigenvalue weighted by molar-refractivity contribution is 5.46. The molecule has 0 saturated carbocycles. The maximum Gasteiger partial charge on any atom is 0.158 e. The van der Waals surface area contributed by atoms with E-state index < -0.39 is 0 Å². The van der Waals surface area contributed by atoms with Gasteiger partial charge >= 0.3 is 0 Å². The van der Waals surface area contributed by atoms with Gasteiger partial charge in [-0.25, -0.2) is 9.97 Å². The molecule has 0 spiro atoms. The van der Waals surface area contributed by atoms with Crippen LogP contribution in [0.4, 0.5) is 11.6 Å². The van der Waals surface area contributed by atoms with E-state index in [1.165, 1.54) is 0 Å². The molecule has 1 heterocycles. The van der Waals surface area contributed by atoms with E-state index in [0.29, 0.717) is 24.1 Å². The van der Waals surface area contributed by atoms with Crippen molar-refractivity contribution < 1.29 is 9.47 Å². The Balaban J connectivity index is 2.12. The van der Waals surface area contributed by atoms with Gasteiger partial charge in [0.2, 0.25) is 0 Å². The fourth-order valence-corrected chi connectivity index (χ4v) is 1.98. The second kappa shape index (κ2) is 6.90. The molecule has 1 aromatic carbocycles. The third-order valence-corrected chi connectivity index (χ3v) is 3.05. The van der Waals surface area contributed by atoms with Crippen molar-refractivity contribution in [1.29, 1.82) is 0 Å². The van der Waals surface area contributed by atoms with Crippen LogP contribution in [0, 0.1) is 0 Å². The van der Waals surface area contributed by atoms with Gasteiger partial charge in [-0.1, -0.05) is 12.1 Å². The Morgan fingerprint density at radius 1 is 1.19 bits per heavy atom. The molecule has 1 atom stereocenters. The van der Waals surface area contributed by atoms with Crippen molar-refractivity contribution in [2.75, 3.05) is 25.3 Å². The lowest BCUT2D eigenvalue weighted by Gasteiger charge is -2.16. The van der Waals surface area contributed by atoms with Crippen LogP contribution in [0.5, 0.6) is 5.75 Å². The van der Waals surface area contributed by atoms with E-state index in [4.69, 9.17) is 15.2 Å². The number of hydrogen-bond acceptors (Lipinski definition) is 6. The van der Waals surface area contributed by atoms with Crippen LogP contribution >= 0.6 is 0 Å². The predicted molar refractivity (Wildman–Crippen MR) is 82.2 cm³/mol. The number of anilines is 2. The third-order valence-electron chi connectivity index (χ3n) is 3.05. The molecule has 0 saturated heterocycles. The van der Waals surface area contributed by atoms with Gasteiger partial charge in [-0.3, -0.25) is 0 Å². The van der Waals surface area contributed by atoms with Gasteiger partial charge < -0.3 is 20.5 Å². The molecular weight excluding hydrogens is 268 g/mol. The monoisotopic (exact) mass is 288 g/mol. The molecule has 0 aliphatic rings. The zero-order chi connectivity index (χ0) is 15.2. The van der Waals surface area contributed by atoms with Crippen LogP contribution < -0.4 is 15.8 Å². The zero-order valence-electron chi connectivity index (χ0n) is 12.5. The molecule has 2 rings (SSSR count). The molecule has 1 unspecified atom stereocenters. The average molecular weight is 288 g/mol. The van der Waals surface area contributed by atoms with Crippen LogP contribution in [0.25, 0.3) is 0 Å². The maximum absolute atomic E-state index is 5.78. The first-order valence-electron chi connectivity index (χ1n) is 6.65.